The molecule has 2 rings (SSSR count). The van der Waals surface area contributed by atoms with Crippen LogP contribution in [0, 0.1) is 27.7 Å². The average molecular weight is 309 g/mol. The van der Waals surface area contributed by atoms with Gasteiger partial charge in [0.05, 0.1) is 10.0 Å². The lowest BCUT2D eigenvalue weighted by molar-refractivity contribution is 0.475. The summed E-state index contributed by atoms with van der Waals surface area (Å²) in [5, 5.41) is 10.4. The maximum Gasteiger partial charge on any atom is 0.153 e. The van der Waals surface area contributed by atoms with Crippen molar-refractivity contribution in [2.45, 2.75) is 34.1 Å². The summed E-state index contributed by atoms with van der Waals surface area (Å²) in [5.41, 5.74) is 7.02. The third-order valence-electron chi connectivity index (χ3n) is 3.75. The van der Waals surface area contributed by atoms with Crippen molar-refractivity contribution >= 4 is 23.2 Å². The van der Waals surface area contributed by atoms with Crippen LogP contribution >= 0.6 is 23.2 Å². The fraction of sp³-hybridized carbons (Fsp3) is 0.294. The Morgan fingerprint density at radius 2 is 1.50 bits per heavy atom. The molecule has 2 aromatic carbocycles. The van der Waals surface area contributed by atoms with E-state index in [0.717, 1.165) is 17.5 Å². The average Bonchev–Trinajstić information content (AvgIpc) is 2.37. The zero-order chi connectivity index (χ0) is 15.0. The van der Waals surface area contributed by atoms with Crippen LogP contribution in [0.25, 0.3) is 0 Å². The first-order chi connectivity index (χ1) is 9.31. The van der Waals surface area contributed by atoms with Crippen molar-refractivity contribution in [1.29, 1.82) is 0 Å². The molecule has 0 radical (unpaired) electrons. The lowest BCUT2D eigenvalue weighted by atomic mass is 9.92. The molecule has 0 aliphatic heterocycles. The molecule has 3 heteroatoms. The summed E-state index contributed by atoms with van der Waals surface area (Å²) in [7, 11) is 0. The van der Waals surface area contributed by atoms with Gasteiger partial charge in [-0.25, -0.2) is 0 Å². The van der Waals surface area contributed by atoms with Gasteiger partial charge < -0.3 is 5.11 Å². The summed E-state index contributed by atoms with van der Waals surface area (Å²) in [5.74, 6) is -0.0352. The molecular weight excluding hydrogens is 291 g/mol. The zero-order valence-electron chi connectivity index (χ0n) is 12.1. The van der Waals surface area contributed by atoms with E-state index in [0.29, 0.717) is 10.0 Å². The van der Waals surface area contributed by atoms with Crippen molar-refractivity contribution in [3.63, 3.8) is 0 Å². The lowest BCUT2D eigenvalue weighted by Gasteiger charge is -2.15. The van der Waals surface area contributed by atoms with Crippen LogP contribution < -0.4 is 0 Å². The first-order valence-corrected chi connectivity index (χ1v) is 7.30. The summed E-state index contributed by atoms with van der Waals surface area (Å²) >= 11 is 12.2. The number of phenolic OH excluding ortho intramolecular Hbond substituents is 1. The van der Waals surface area contributed by atoms with Crippen LogP contribution in [0.2, 0.25) is 10.0 Å². The summed E-state index contributed by atoms with van der Waals surface area (Å²) < 4.78 is 0. The van der Waals surface area contributed by atoms with Gasteiger partial charge >= 0.3 is 0 Å². The van der Waals surface area contributed by atoms with Crippen LogP contribution in [0.1, 0.15) is 33.4 Å². The Morgan fingerprint density at radius 1 is 0.950 bits per heavy atom. The van der Waals surface area contributed by atoms with Crippen molar-refractivity contribution in [2.24, 2.45) is 0 Å². The van der Waals surface area contributed by atoms with Crippen LogP contribution in [0.15, 0.2) is 18.2 Å². The number of phenols is 1. The van der Waals surface area contributed by atoms with E-state index in [-0.39, 0.29) is 5.75 Å². The molecule has 0 bridgehead atoms. The van der Waals surface area contributed by atoms with Gasteiger partial charge in [0.25, 0.3) is 0 Å². The standard InChI is InChI=1S/C17H18Cl2O/c1-9-5-10(2)14(11(3)6-9)7-13-8-15(18)17(20)16(19)12(13)4/h5-6,8,20H,7H2,1-4H3. The number of hydrogen-bond donors (Lipinski definition) is 1. The molecule has 0 saturated heterocycles. The molecule has 106 valence electrons. The molecule has 0 unspecified atom stereocenters. The third kappa shape index (κ3) is 2.79. The van der Waals surface area contributed by atoms with Crippen LogP contribution in [-0.2, 0) is 6.42 Å². The first-order valence-electron chi connectivity index (χ1n) is 6.54. The van der Waals surface area contributed by atoms with Gasteiger partial charge in [-0.2, -0.15) is 0 Å². The largest absolute Gasteiger partial charge is 0.505 e. The number of hydrogen-bond acceptors (Lipinski definition) is 1. The normalized spacial score (nSPS) is 10.9. The smallest absolute Gasteiger partial charge is 0.153 e. The van der Waals surface area contributed by atoms with Gasteiger partial charge in [-0.3, -0.25) is 0 Å². The summed E-state index contributed by atoms with van der Waals surface area (Å²) in [6, 6.07) is 6.17. The minimum absolute atomic E-state index is 0.0352. The summed E-state index contributed by atoms with van der Waals surface area (Å²) in [6.07, 6.45) is 0.767. The topological polar surface area (TPSA) is 20.2 Å². The van der Waals surface area contributed by atoms with Gasteiger partial charge in [0, 0.05) is 0 Å². The Hall–Kier alpha value is -1.18. The Morgan fingerprint density at radius 3 is 2.05 bits per heavy atom. The lowest BCUT2D eigenvalue weighted by Crippen LogP contribution is -1.99. The maximum absolute atomic E-state index is 9.76. The second-order valence-corrected chi connectivity index (χ2v) is 6.14. The van der Waals surface area contributed by atoms with E-state index in [2.05, 4.69) is 32.9 Å². The molecule has 1 nitrogen and oxygen atoms in total. The molecule has 0 saturated carbocycles. The van der Waals surface area contributed by atoms with Crippen LogP contribution in [-0.4, -0.2) is 5.11 Å². The zero-order valence-corrected chi connectivity index (χ0v) is 13.7. The van der Waals surface area contributed by atoms with Gasteiger partial charge in [0.1, 0.15) is 0 Å². The van der Waals surface area contributed by atoms with Crippen molar-refractivity contribution in [1.82, 2.24) is 0 Å². The second-order valence-electron chi connectivity index (χ2n) is 5.36. The quantitative estimate of drug-likeness (QED) is 0.774. The predicted octanol–water partition coefficient (Wildman–Crippen LogP) is 5.52. The Balaban J connectivity index is 2.51. The van der Waals surface area contributed by atoms with Crippen LogP contribution in [0.5, 0.6) is 5.75 Å². The molecule has 0 amide bonds. The van der Waals surface area contributed by atoms with Gasteiger partial charge in [-0.15, -0.1) is 0 Å². The van der Waals surface area contributed by atoms with Gasteiger partial charge in [-0.05, 0) is 68.0 Å². The highest BCUT2D eigenvalue weighted by atomic mass is 35.5. The molecular formula is C17H18Cl2O. The van der Waals surface area contributed by atoms with E-state index in [1.165, 1.54) is 22.3 Å². The highest BCUT2D eigenvalue weighted by molar-refractivity contribution is 6.37. The fourth-order valence-electron chi connectivity index (χ4n) is 2.62. The van der Waals surface area contributed by atoms with Gasteiger partial charge in [0.2, 0.25) is 0 Å². The molecule has 0 atom stereocenters. The molecule has 0 spiro atoms. The molecule has 2 aromatic rings. The number of rotatable bonds is 2. The van der Waals surface area contributed by atoms with Gasteiger partial charge in [-0.1, -0.05) is 40.9 Å². The molecule has 0 aliphatic rings. The Labute approximate surface area is 130 Å². The number of benzene rings is 2. The number of aromatic hydroxyl groups is 1. The van der Waals surface area contributed by atoms with E-state index in [4.69, 9.17) is 23.2 Å². The highest BCUT2D eigenvalue weighted by Crippen LogP contribution is 2.37. The van der Waals surface area contributed by atoms with E-state index < -0.39 is 0 Å². The number of aryl methyl sites for hydroxylation is 3. The van der Waals surface area contributed by atoms with Crippen molar-refractivity contribution in [3.05, 3.63) is 61.6 Å². The van der Waals surface area contributed by atoms with Gasteiger partial charge in [0.15, 0.2) is 5.75 Å². The van der Waals surface area contributed by atoms with E-state index in [1.54, 1.807) is 6.07 Å². The fourth-order valence-corrected chi connectivity index (χ4v) is 3.11. The Kier molecular flexibility index (Phi) is 4.31. The third-order valence-corrected chi connectivity index (χ3v) is 4.50. The van der Waals surface area contributed by atoms with E-state index in [1.807, 2.05) is 6.92 Å². The first kappa shape index (κ1) is 15.2. The minimum Gasteiger partial charge on any atom is -0.505 e. The summed E-state index contributed by atoms with van der Waals surface area (Å²) in [6.45, 7) is 8.25. The highest BCUT2D eigenvalue weighted by Gasteiger charge is 2.14. The second kappa shape index (κ2) is 5.67. The van der Waals surface area contributed by atoms with Crippen LogP contribution in [0.3, 0.4) is 0 Å². The molecule has 0 aliphatic carbocycles. The van der Waals surface area contributed by atoms with Crippen molar-refractivity contribution in [2.75, 3.05) is 0 Å². The molecule has 0 aromatic heterocycles. The molecule has 1 N–H and O–H groups in total. The number of halogens is 2. The SMILES string of the molecule is Cc1cc(C)c(Cc2cc(Cl)c(O)c(Cl)c2C)c(C)c1. The summed E-state index contributed by atoms with van der Waals surface area (Å²) in [4.78, 5) is 0. The monoisotopic (exact) mass is 308 g/mol. The predicted molar refractivity (Wildman–Crippen MR) is 86.3 cm³/mol. The Bertz CT molecular complexity index is 652. The van der Waals surface area contributed by atoms with Crippen molar-refractivity contribution in [3.8, 4) is 5.75 Å². The molecule has 20 heavy (non-hydrogen) atoms. The van der Waals surface area contributed by atoms with Crippen molar-refractivity contribution < 1.29 is 5.11 Å². The molecule has 0 fully saturated rings. The van der Waals surface area contributed by atoms with E-state index >= 15 is 0 Å². The van der Waals surface area contributed by atoms with Crippen LogP contribution in [0.4, 0.5) is 0 Å². The maximum atomic E-state index is 9.76. The molecule has 0 heterocycles. The minimum atomic E-state index is -0.0352. The van der Waals surface area contributed by atoms with E-state index in [9.17, 15) is 5.11 Å².